The topological polar surface area (TPSA) is 58.6 Å². The van der Waals surface area contributed by atoms with Crippen LogP contribution in [0.25, 0.3) is 0 Å². The zero-order chi connectivity index (χ0) is 17.7. The molecule has 1 N–H and O–H groups in total. The van der Waals surface area contributed by atoms with Gasteiger partial charge in [-0.25, -0.2) is 0 Å². The first kappa shape index (κ1) is 18.8. The molecule has 1 aliphatic rings. The van der Waals surface area contributed by atoms with Gasteiger partial charge in [-0.3, -0.25) is 19.8 Å². The fourth-order valence-corrected chi connectivity index (χ4v) is 3.70. The number of nitrogens with zero attached hydrogens (tertiary/aromatic N) is 1. The van der Waals surface area contributed by atoms with Crippen LogP contribution in [-0.2, 0) is 11.2 Å². The van der Waals surface area contributed by atoms with E-state index in [1.54, 1.807) is 0 Å². The lowest BCUT2D eigenvalue weighted by atomic mass is 10.1. The van der Waals surface area contributed by atoms with Crippen molar-refractivity contribution in [3.8, 4) is 5.75 Å². The molecule has 0 radical (unpaired) electrons. The van der Waals surface area contributed by atoms with Gasteiger partial charge in [0, 0.05) is 18.6 Å². The average Bonchev–Trinajstić information content (AvgIpc) is 2.82. The molecule has 6 heteroatoms. The normalized spacial score (nSPS) is 17.9. The third-order valence-electron chi connectivity index (χ3n) is 4.06. The number of benzene rings is 1. The molecule has 1 unspecified atom stereocenters. The van der Waals surface area contributed by atoms with Crippen molar-refractivity contribution in [3.63, 3.8) is 0 Å². The molecular formula is C18H26N2O3S. The second-order valence-corrected chi connectivity index (χ2v) is 7.68. The van der Waals surface area contributed by atoms with Gasteiger partial charge in [-0.2, -0.15) is 0 Å². The first-order valence-corrected chi connectivity index (χ1v) is 9.23. The van der Waals surface area contributed by atoms with E-state index in [4.69, 9.17) is 4.74 Å². The Morgan fingerprint density at radius 2 is 1.75 bits per heavy atom. The smallest absolute Gasteiger partial charge is 0.286 e. The van der Waals surface area contributed by atoms with Crippen LogP contribution in [0.1, 0.15) is 33.3 Å². The molecule has 24 heavy (non-hydrogen) atoms. The predicted octanol–water partition coefficient (Wildman–Crippen LogP) is 3.08. The van der Waals surface area contributed by atoms with Gasteiger partial charge in [-0.05, 0) is 51.8 Å². The SMILES string of the molecule is CC(C)N(CCOc1ccc(CC2SC(=O)NC2=O)cc1)C(C)C. The summed E-state index contributed by atoms with van der Waals surface area (Å²) in [6.45, 7) is 10.3. The van der Waals surface area contributed by atoms with Crippen LogP contribution >= 0.6 is 11.8 Å². The molecule has 132 valence electrons. The van der Waals surface area contributed by atoms with E-state index in [1.807, 2.05) is 24.3 Å². The lowest BCUT2D eigenvalue weighted by Crippen LogP contribution is -2.39. The van der Waals surface area contributed by atoms with Gasteiger partial charge in [-0.1, -0.05) is 23.9 Å². The molecule has 5 nitrogen and oxygen atoms in total. The molecule has 1 atom stereocenters. The zero-order valence-electron chi connectivity index (χ0n) is 14.7. The minimum absolute atomic E-state index is 0.201. The Hall–Kier alpha value is -1.53. The van der Waals surface area contributed by atoms with E-state index >= 15 is 0 Å². The number of ether oxygens (including phenoxy) is 1. The van der Waals surface area contributed by atoms with Gasteiger partial charge < -0.3 is 4.74 Å². The summed E-state index contributed by atoms with van der Waals surface area (Å²) in [5.74, 6) is 0.624. The minimum atomic E-state index is -0.324. The highest BCUT2D eigenvalue weighted by molar-refractivity contribution is 8.15. The second-order valence-electron chi connectivity index (χ2n) is 6.51. The predicted molar refractivity (Wildman–Crippen MR) is 97.5 cm³/mol. The van der Waals surface area contributed by atoms with Crippen molar-refractivity contribution < 1.29 is 14.3 Å². The van der Waals surface area contributed by atoms with Crippen LogP contribution in [0.2, 0.25) is 0 Å². The summed E-state index contributed by atoms with van der Waals surface area (Å²) in [7, 11) is 0. The Bertz CT molecular complexity index is 564. The minimum Gasteiger partial charge on any atom is -0.492 e. The number of nitrogens with one attached hydrogen (secondary N) is 1. The molecule has 0 aromatic heterocycles. The third-order valence-corrected chi connectivity index (χ3v) is 5.04. The maximum absolute atomic E-state index is 11.6. The molecule has 1 aromatic carbocycles. The zero-order valence-corrected chi connectivity index (χ0v) is 15.6. The molecule has 2 rings (SSSR count). The number of hydrogen-bond donors (Lipinski definition) is 1. The van der Waals surface area contributed by atoms with Gasteiger partial charge in [0.25, 0.3) is 5.24 Å². The maximum atomic E-state index is 11.6. The molecule has 1 fully saturated rings. The number of carbonyl (C=O) groups is 2. The van der Waals surface area contributed by atoms with Crippen molar-refractivity contribution in [1.29, 1.82) is 0 Å². The number of thioether (sulfide) groups is 1. The first-order chi connectivity index (χ1) is 11.4. The molecule has 2 amide bonds. The molecule has 1 saturated heterocycles. The highest BCUT2D eigenvalue weighted by Crippen LogP contribution is 2.23. The Morgan fingerprint density at radius 1 is 1.12 bits per heavy atom. The number of rotatable bonds is 8. The highest BCUT2D eigenvalue weighted by atomic mass is 32.2. The quantitative estimate of drug-likeness (QED) is 0.781. The maximum Gasteiger partial charge on any atom is 0.286 e. The molecule has 1 aliphatic heterocycles. The Labute approximate surface area is 148 Å². The fraction of sp³-hybridized carbons (Fsp3) is 0.556. The largest absolute Gasteiger partial charge is 0.492 e. The van der Waals surface area contributed by atoms with Crippen molar-refractivity contribution in [3.05, 3.63) is 29.8 Å². The van der Waals surface area contributed by atoms with E-state index < -0.39 is 0 Å². The first-order valence-electron chi connectivity index (χ1n) is 8.35. The summed E-state index contributed by atoms with van der Waals surface area (Å²) in [6.07, 6.45) is 0.553. The van der Waals surface area contributed by atoms with E-state index in [0.717, 1.165) is 29.6 Å². The van der Waals surface area contributed by atoms with Crippen LogP contribution in [-0.4, -0.2) is 46.5 Å². The van der Waals surface area contributed by atoms with E-state index in [2.05, 4.69) is 37.9 Å². The van der Waals surface area contributed by atoms with Crippen LogP contribution in [0.15, 0.2) is 24.3 Å². The average molecular weight is 350 g/mol. The van der Waals surface area contributed by atoms with E-state index in [9.17, 15) is 9.59 Å². The summed E-state index contributed by atoms with van der Waals surface area (Å²) in [6, 6.07) is 8.74. The van der Waals surface area contributed by atoms with E-state index in [0.29, 0.717) is 25.1 Å². The summed E-state index contributed by atoms with van der Waals surface area (Å²) < 4.78 is 5.82. The van der Waals surface area contributed by atoms with Gasteiger partial charge in [0.05, 0.1) is 5.25 Å². The van der Waals surface area contributed by atoms with Crippen molar-refractivity contribution in [2.45, 2.75) is 51.4 Å². The molecule has 1 heterocycles. The van der Waals surface area contributed by atoms with Gasteiger partial charge in [0.2, 0.25) is 5.91 Å². The van der Waals surface area contributed by atoms with Crippen molar-refractivity contribution in [2.75, 3.05) is 13.2 Å². The van der Waals surface area contributed by atoms with E-state index in [1.165, 1.54) is 0 Å². The Balaban J connectivity index is 1.82. The van der Waals surface area contributed by atoms with Gasteiger partial charge in [-0.15, -0.1) is 0 Å². The van der Waals surface area contributed by atoms with Gasteiger partial charge in [0.1, 0.15) is 12.4 Å². The summed E-state index contributed by atoms with van der Waals surface area (Å²) in [5, 5.41) is 1.73. The summed E-state index contributed by atoms with van der Waals surface area (Å²) >= 11 is 1.06. The van der Waals surface area contributed by atoms with Crippen LogP contribution < -0.4 is 10.1 Å². The van der Waals surface area contributed by atoms with Crippen molar-refractivity contribution >= 4 is 22.9 Å². The van der Waals surface area contributed by atoms with Crippen molar-refractivity contribution in [1.82, 2.24) is 10.2 Å². The Kier molecular flexibility index (Phi) is 6.69. The molecule has 0 spiro atoms. The van der Waals surface area contributed by atoms with E-state index in [-0.39, 0.29) is 16.4 Å². The third kappa shape index (κ3) is 5.24. The number of imide groups is 1. The second kappa shape index (κ2) is 8.53. The standard InChI is InChI=1S/C18H26N2O3S/c1-12(2)20(13(3)4)9-10-23-15-7-5-14(6-8-15)11-16-17(21)19-18(22)24-16/h5-8,12-13,16H,9-11H2,1-4H3,(H,19,21,22). The van der Waals surface area contributed by atoms with Crippen molar-refractivity contribution in [2.24, 2.45) is 0 Å². The van der Waals surface area contributed by atoms with Gasteiger partial charge >= 0.3 is 0 Å². The molecular weight excluding hydrogens is 324 g/mol. The van der Waals surface area contributed by atoms with Crippen LogP contribution in [0, 0.1) is 0 Å². The number of carbonyl (C=O) groups excluding carboxylic acids is 2. The van der Waals surface area contributed by atoms with Crippen LogP contribution in [0.4, 0.5) is 4.79 Å². The lowest BCUT2D eigenvalue weighted by Gasteiger charge is -2.30. The molecule has 1 aromatic rings. The molecule has 0 aliphatic carbocycles. The molecule has 0 saturated carbocycles. The Morgan fingerprint density at radius 3 is 2.25 bits per heavy atom. The highest BCUT2D eigenvalue weighted by Gasteiger charge is 2.31. The summed E-state index contributed by atoms with van der Waals surface area (Å²) in [5.41, 5.74) is 1.02. The number of hydrogen-bond acceptors (Lipinski definition) is 5. The monoisotopic (exact) mass is 350 g/mol. The van der Waals surface area contributed by atoms with Crippen LogP contribution in [0.5, 0.6) is 5.75 Å². The summed E-state index contributed by atoms with van der Waals surface area (Å²) in [4.78, 5) is 25.2. The van der Waals surface area contributed by atoms with Gasteiger partial charge in [0.15, 0.2) is 0 Å². The van der Waals surface area contributed by atoms with Crippen LogP contribution in [0.3, 0.4) is 0 Å². The fourth-order valence-electron chi connectivity index (χ4n) is 2.85. The lowest BCUT2D eigenvalue weighted by molar-refractivity contribution is -0.118. The molecule has 0 bridgehead atoms. The number of amides is 2.